The van der Waals surface area contributed by atoms with Gasteiger partial charge in [0.1, 0.15) is 11.4 Å². The number of ether oxygens (including phenoxy) is 3. The zero-order valence-corrected chi connectivity index (χ0v) is 27.0. The van der Waals surface area contributed by atoms with E-state index >= 15 is 0 Å². The Morgan fingerprint density at radius 1 is 1.04 bits per heavy atom. The molecule has 10 nitrogen and oxygen atoms in total. The number of hydrogen-bond donors (Lipinski definition) is 2. The van der Waals surface area contributed by atoms with Gasteiger partial charge >= 0.3 is 12.3 Å². The topological polar surface area (TPSA) is 111 Å². The molecule has 0 saturated carbocycles. The minimum absolute atomic E-state index is 0.0624. The molecule has 2 aromatic heterocycles. The van der Waals surface area contributed by atoms with Crippen LogP contribution in [0.15, 0.2) is 60.9 Å². The molecule has 13 heteroatoms. The molecule has 2 unspecified atom stereocenters. The molecule has 2 atom stereocenters. The van der Waals surface area contributed by atoms with Crippen molar-refractivity contribution in [3.63, 3.8) is 0 Å². The van der Waals surface area contributed by atoms with E-state index in [1.54, 1.807) is 41.6 Å². The molecule has 1 amide bonds. The Morgan fingerprint density at radius 2 is 1.85 bits per heavy atom. The van der Waals surface area contributed by atoms with E-state index in [-0.39, 0.29) is 12.1 Å². The first kappa shape index (κ1) is 33.7. The molecule has 2 N–H and O–H groups in total. The molecule has 1 aliphatic heterocycles. The Morgan fingerprint density at radius 3 is 2.60 bits per heavy atom. The molecule has 0 bridgehead atoms. The van der Waals surface area contributed by atoms with Crippen LogP contribution in [0.3, 0.4) is 0 Å². The lowest BCUT2D eigenvalue weighted by molar-refractivity contribution is -0.207. The third-order valence-electron chi connectivity index (χ3n) is 7.64. The van der Waals surface area contributed by atoms with Crippen LogP contribution in [0, 0.1) is 6.92 Å². The summed E-state index contributed by atoms with van der Waals surface area (Å²) in [7, 11) is 1.04. The molecule has 3 heterocycles. The summed E-state index contributed by atoms with van der Waals surface area (Å²) in [5.41, 5.74) is 1.94. The lowest BCUT2D eigenvalue weighted by atomic mass is 10.0. The van der Waals surface area contributed by atoms with Crippen molar-refractivity contribution in [3.05, 3.63) is 66.5 Å². The van der Waals surface area contributed by atoms with Gasteiger partial charge in [0.25, 0.3) is 0 Å². The van der Waals surface area contributed by atoms with Gasteiger partial charge < -0.3 is 29.7 Å². The van der Waals surface area contributed by atoms with Gasteiger partial charge in [0, 0.05) is 55.1 Å². The number of pyridine rings is 1. The number of piperidine rings is 1. The van der Waals surface area contributed by atoms with Crippen molar-refractivity contribution in [2.45, 2.75) is 64.5 Å². The van der Waals surface area contributed by atoms with Crippen LogP contribution in [0.5, 0.6) is 11.6 Å². The molecule has 2 aromatic carbocycles. The van der Waals surface area contributed by atoms with Crippen molar-refractivity contribution < 1.29 is 32.2 Å². The van der Waals surface area contributed by atoms with Gasteiger partial charge in [-0.3, -0.25) is 0 Å². The summed E-state index contributed by atoms with van der Waals surface area (Å²) < 4.78 is 56.5. The van der Waals surface area contributed by atoms with Crippen molar-refractivity contribution in [3.8, 4) is 22.9 Å². The van der Waals surface area contributed by atoms with Crippen LogP contribution in [0.2, 0.25) is 0 Å². The maximum Gasteiger partial charge on any atom is 0.416 e. The molecular weight excluding hydrogens is 613 g/mol. The van der Waals surface area contributed by atoms with Crippen LogP contribution in [-0.2, 0) is 9.47 Å². The number of hydrogen-bond acceptors (Lipinski definition) is 9. The van der Waals surface area contributed by atoms with Gasteiger partial charge in [-0.15, -0.1) is 0 Å². The number of carbonyl (C=O) groups excluding carboxylic acids is 1. The molecule has 0 aliphatic carbocycles. The lowest BCUT2D eigenvalue weighted by Crippen LogP contribution is -2.47. The molecule has 0 spiro atoms. The third kappa shape index (κ3) is 8.39. The van der Waals surface area contributed by atoms with Crippen molar-refractivity contribution in [1.82, 2.24) is 19.9 Å². The van der Waals surface area contributed by atoms with Gasteiger partial charge in [0.05, 0.1) is 17.8 Å². The first-order valence-corrected chi connectivity index (χ1v) is 15.4. The second kappa shape index (κ2) is 14.0. The van der Waals surface area contributed by atoms with E-state index in [9.17, 15) is 18.0 Å². The number of aromatic nitrogens is 3. The Balaban J connectivity index is 1.37. The van der Waals surface area contributed by atoms with Gasteiger partial charge in [-0.25, -0.2) is 19.7 Å². The number of alkyl halides is 3. The number of anilines is 2. The molecule has 1 fully saturated rings. The van der Waals surface area contributed by atoms with Crippen molar-refractivity contribution >= 4 is 28.5 Å². The van der Waals surface area contributed by atoms with Crippen LogP contribution in [0.1, 0.15) is 39.2 Å². The highest BCUT2D eigenvalue weighted by atomic mass is 19.4. The maximum absolute atomic E-state index is 13.3. The number of nitrogens with zero attached hydrogens (tertiary/aromatic N) is 4. The number of methoxy groups -OCH3 is 1. The van der Waals surface area contributed by atoms with E-state index < -0.39 is 24.4 Å². The summed E-state index contributed by atoms with van der Waals surface area (Å²) in [6.45, 7) is 8.06. The fraction of sp³-hybridized carbons (Fsp3) is 0.412. The van der Waals surface area contributed by atoms with Crippen LogP contribution < -0.4 is 15.4 Å². The SMILES string of the molecule is COC(CNc1cccc2c(Oc3ncccc3-c3ccnc(NC4CCCN(C(=O)OC(C)(C)C)C4)n3)c(C)ccc12)C(F)(F)F. The second-order valence-corrected chi connectivity index (χ2v) is 12.4. The number of carbonyl (C=O) groups is 1. The summed E-state index contributed by atoms with van der Waals surface area (Å²) in [5, 5.41) is 7.63. The predicted molar refractivity (Wildman–Crippen MR) is 174 cm³/mol. The number of nitrogens with one attached hydrogen (secondary N) is 2. The number of amides is 1. The summed E-state index contributed by atoms with van der Waals surface area (Å²) in [4.78, 5) is 28.0. The number of likely N-dealkylation sites (tertiary alicyclic amines) is 1. The normalized spacial score (nSPS) is 16.1. The number of rotatable bonds is 9. The molecule has 5 rings (SSSR count). The van der Waals surface area contributed by atoms with Crippen LogP contribution in [0.25, 0.3) is 22.0 Å². The molecule has 1 saturated heterocycles. The van der Waals surface area contributed by atoms with Crippen molar-refractivity contribution in [1.29, 1.82) is 0 Å². The second-order valence-electron chi connectivity index (χ2n) is 12.4. The molecule has 4 aromatic rings. The Bertz CT molecular complexity index is 1710. The fourth-order valence-electron chi connectivity index (χ4n) is 5.38. The van der Waals surface area contributed by atoms with Crippen molar-refractivity contribution in [2.24, 2.45) is 0 Å². The summed E-state index contributed by atoms with van der Waals surface area (Å²) in [6, 6.07) is 14.3. The van der Waals surface area contributed by atoms with E-state index in [4.69, 9.17) is 14.5 Å². The van der Waals surface area contributed by atoms with Crippen LogP contribution in [-0.4, -0.2) is 76.6 Å². The smallest absolute Gasteiger partial charge is 0.416 e. The predicted octanol–water partition coefficient (Wildman–Crippen LogP) is 7.59. The molecule has 250 valence electrons. The average molecular weight is 653 g/mol. The Labute approximate surface area is 271 Å². The Hall–Kier alpha value is -4.65. The van der Waals surface area contributed by atoms with E-state index in [0.717, 1.165) is 25.5 Å². The highest BCUT2D eigenvalue weighted by Gasteiger charge is 2.39. The van der Waals surface area contributed by atoms with Crippen LogP contribution in [0.4, 0.5) is 29.6 Å². The third-order valence-corrected chi connectivity index (χ3v) is 7.64. The van der Waals surface area contributed by atoms with E-state index in [1.807, 2.05) is 52.0 Å². The number of aryl methyl sites for hydroxylation is 1. The number of fused-ring (bicyclic) bond motifs is 1. The highest BCUT2D eigenvalue weighted by molar-refractivity contribution is 5.98. The standard InChI is InChI=1S/C34H39F3N6O4/c1-21-13-14-23-24(10-6-12-26(23)40-19-28(45-5)34(35,36)37)29(21)46-30-25(11-7-16-38-30)27-15-17-39-31(42-27)41-22-9-8-18-43(20-22)32(44)47-33(2,3)4/h6-7,10-17,22,28,40H,8-9,18-20H2,1-5H3,(H,39,41,42). The minimum Gasteiger partial charge on any atom is -0.444 e. The first-order chi connectivity index (χ1) is 22.3. The summed E-state index contributed by atoms with van der Waals surface area (Å²) in [6.07, 6.45) is -1.89. The fourth-order valence-corrected chi connectivity index (χ4v) is 5.38. The largest absolute Gasteiger partial charge is 0.444 e. The quantitative estimate of drug-likeness (QED) is 0.189. The number of benzene rings is 2. The van der Waals surface area contributed by atoms with Crippen LogP contribution >= 0.6 is 0 Å². The van der Waals surface area contributed by atoms with Gasteiger partial charge in [-0.1, -0.05) is 24.3 Å². The highest BCUT2D eigenvalue weighted by Crippen LogP contribution is 2.39. The first-order valence-electron chi connectivity index (χ1n) is 15.4. The number of halogens is 3. The van der Waals surface area contributed by atoms with Gasteiger partial charge in [0.15, 0.2) is 6.10 Å². The van der Waals surface area contributed by atoms with Crippen molar-refractivity contribution in [2.75, 3.05) is 37.4 Å². The molecule has 0 radical (unpaired) electrons. The zero-order chi connectivity index (χ0) is 33.8. The average Bonchev–Trinajstić information content (AvgIpc) is 3.02. The molecular formula is C34H39F3N6O4. The molecule has 1 aliphatic rings. The molecule has 47 heavy (non-hydrogen) atoms. The van der Waals surface area contributed by atoms with Gasteiger partial charge in [-0.05, 0) is 70.4 Å². The van der Waals surface area contributed by atoms with E-state index in [0.29, 0.717) is 58.4 Å². The zero-order valence-electron chi connectivity index (χ0n) is 27.0. The minimum atomic E-state index is -4.50. The maximum atomic E-state index is 13.3. The van der Waals surface area contributed by atoms with E-state index in [2.05, 4.69) is 25.3 Å². The lowest BCUT2D eigenvalue weighted by Gasteiger charge is -2.34. The monoisotopic (exact) mass is 652 g/mol. The summed E-state index contributed by atoms with van der Waals surface area (Å²) in [5.74, 6) is 1.22. The summed E-state index contributed by atoms with van der Waals surface area (Å²) >= 11 is 0. The Kier molecular flexibility index (Phi) is 10.0. The van der Waals surface area contributed by atoms with E-state index in [1.165, 1.54) is 0 Å². The van der Waals surface area contributed by atoms with Gasteiger partial charge in [0.2, 0.25) is 11.8 Å². The van der Waals surface area contributed by atoms with Gasteiger partial charge in [-0.2, -0.15) is 13.2 Å².